The van der Waals surface area contributed by atoms with Crippen molar-refractivity contribution >= 4 is 19.6 Å². The van der Waals surface area contributed by atoms with Crippen molar-refractivity contribution in [2.75, 3.05) is 13.2 Å². The lowest BCUT2D eigenvalue weighted by molar-refractivity contribution is -0.148. The molecule has 31 heavy (non-hydrogen) atoms. The molecule has 0 aromatic heterocycles. The number of allylic oxidation sites excluding steroid dienone is 8. The summed E-state index contributed by atoms with van der Waals surface area (Å²) in [5.74, 6) is -1.24. The van der Waals surface area contributed by atoms with E-state index in [2.05, 4.69) is 47.9 Å². The van der Waals surface area contributed by atoms with E-state index in [0.29, 0.717) is 6.42 Å². The van der Waals surface area contributed by atoms with Crippen LogP contribution in [0.5, 0.6) is 0 Å². The van der Waals surface area contributed by atoms with E-state index >= 15 is 0 Å². The Hall–Kier alpha value is -1.79. The van der Waals surface area contributed by atoms with Crippen molar-refractivity contribution in [3.8, 4) is 0 Å². The van der Waals surface area contributed by atoms with E-state index in [1.165, 1.54) is 25.7 Å². The summed E-state index contributed by atoms with van der Waals surface area (Å²) in [5.41, 5.74) is 0. The summed E-state index contributed by atoms with van der Waals surface area (Å²) in [5, 5.41) is 0. The Labute approximate surface area is 186 Å². The number of ether oxygens (including phenoxy) is 1. The van der Waals surface area contributed by atoms with E-state index in [4.69, 9.17) is 14.5 Å². The van der Waals surface area contributed by atoms with E-state index in [0.717, 1.165) is 25.7 Å². The van der Waals surface area contributed by atoms with Crippen LogP contribution >= 0.6 is 7.82 Å². The zero-order valence-electron chi connectivity index (χ0n) is 18.5. The van der Waals surface area contributed by atoms with Crippen LogP contribution in [0.1, 0.15) is 71.1 Å². The molecule has 0 aromatic rings. The van der Waals surface area contributed by atoms with Gasteiger partial charge in [-0.05, 0) is 44.9 Å². The number of unbranched alkanes of at least 4 members (excludes halogenated alkanes) is 4. The Morgan fingerprint density at radius 1 is 0.774 bits per heavy atom. The Morgan fingerprint density at radius 3 is 1.81 bits per heavy atom. The van der Waals surface area contributed by atoms with Crippen LogP contribution in [0.4, 0.5) is 0 Å². The van der Waals surface area contributed by atoms with Gasteiger partial charge in [0.1, 0.15) is 6.61 Å². The second-order valence-corrected chi connectivity index (χ2v) is 8.18. The fourth-order valence-electron chi connectivity index (χ4n) is 2.36. The first-order chi connectivity index (χ1) is 14.8. The molecule has 8 heteroatoms. The average Bonchev–Trinajstić information content (AvgIpc) is 2.72. The fraction of sp³-hybridized carbons (Fsp3) is 0.565. The van der Waals surface area contributed by atoms with Crippen molar-refractivity contribution in [2.24, 2.45) is 0 Å². The molecule has 0 aliphatic carbocycles. The summed E-state index contributed by atoms with van der Waals surface area (Å²) in [6.45, 7) is 0.868. The molecular formula is C23H37O7P. The minimum atomic E-state index is -4.69. The Balaban J connectivity index is 3.61. The van der Waals surface area contributed by atoms with Gasteiger partial charge in [0, 0.05) is 6.42 Å². The first-order valence-corrected chi connectivity index (χ1v) is 12.4. The summed E-state index contributed by atoms with van der Waals surface area (Å²) in [6.07, 6.45) is 26.3. The maximum absolute atomic E-state index is 11.5. The lowest BCUT2D eigenvalue weighted by Crippen LogP contribution is -2.17. The van der Waals surface area contributed by atoms with Crippen LogP contribution in [0.3, 0.4) is 0 Å². The van der Waals surface area contributed by atoms with Gasteiger partial charge in [-0.2, -0.15) is 0 Å². The largest absolute Gasteiger partial charge is 0.470 e. The summed E-state index contributed by atoms with van der Waals surface area (Å²) in [6, 6.07) is 0. The second-order valence-electron chi connectivity index (χ2n) is 6.94. The third-order valence-electron chi connectivity index (χ3n) is 4.00. The van der Waals surface area contributed by atoms with Crippen LogP contribution in [0.25, 0.3) is 0 Å². The molecule has 0 saturated heterocycles. The number of ketones is 1. The number of carbonyl (C=O) groups excluding carboxylic acids is 2. The van der Waals surface area contributed by atoms with E-state index in [1.54, 1.807) is 0 Å². The molecule has 0 unspecified atom stereocenters. The smallest absolute Gasteiger partial charge is 0.458 e. The molecule has 0 heterocycles. The summed E-state index contributed by atoms with van der Waals surface area (Å²) in [4.78, 5) is 39.7. The molecule has 0 aliphatic rings. The highest BCUT2D eigenvalue weighted by Gasteiger charge is 2.17. The molecule has 2 N–H and O–H groups in total. The lowest BCUT2D eigenvalue weighted by atomic mass is 10.2. The van der Waals surface area contributed by atoms with Crippen LogP contribution in [0, 0.1) is 0 Å². The van der Waals surface area contributed by atoms with Crippen LogP contribution in [0.2, 0.25) is 0 Å². The van der Waals surface area contributed by atoms with Gasteiger partial charge in [-0.3, -0.25) is 14.1 Å². The molecule has 0 fully saturated rings. The van der Waals surface area contributed by atoms with Gasteiger partial charge in [0.2, 0.25) is 0 Å². The van der Waals surface area contributed by atoms with E-state index in [1.807, 2.05) is 12.2 Å². The third-order valence-corrected chi connectivity index (χ3v) is 4.46. The van der Waals surface area contributed by atoms with Gasteiger partial charge in [0.25, 0.3) is 0 Å². The number of carbonyl (C=O) groups is 2. The zero-order valence-corrected chi connectivity index (χ0v) is 19.4. The number of phosphoric ester groups is 1. The third kappa shape index (κ3) is 24.4. The average molecular weight is 457 g/mol. The molecule has 0 radical (unpaired) electrons. The first kappa shape index (κ1) is 29.2. The predicted molar refractivity (Wildman–Crippen MR) is 122 cm³/mol. The topological polar surface area (TPSA) is 110 Å². The first-order valence-electron chi connectivity index (χ1n) is 10.8. The van der Waals surface area contributed by atoms with Gasteiger partial charge in [-0.15, -0.1) is 0 Å². The summed E-state index contributed by atoms with van der Waals surface area (Å²) >= 11 is 0. The minimum Gasteiger partial charge on any atom is -0.458 e. The SMILES string of the molecule is CCCCC/C=C\C/C=C\C/C=C\C/C=C\CCCC(=O)OCC(=O)COP(=O)(O)O. The van der Waals surface area contributed by atoms with Gasteiger partial charge in [0.05, 0.1) is 0 Å². The molecule has 176 valence electrons. The van der Waals surface area contributed by atoms with Crippen molar-refractivity contribution in [3.05, 3.63) is 48.6 Å². The van der Waals surface area contributed by atoms with Gasteiger partial charge < -0.3 is 14.5 Å². The van der Waals surface area contributed by atoms with Gasteiger partial charge in [-0.1, -0.05) is 68.4 Å². The molecule has 0 saturated carbocycles. The van der Waals surface area contributed by atoms with Crippen LogP contribution in [-0.2, 0) is 23.4 Å². The number of Topliss-reactive ketones (excluding diaryl/α,β-unsaturated/α-hetero) is 1. The van der Waals surface area contributed by atoms with E-state index in [-0.39, 0.29) is 6.42 Å². The highest BCUT2D eigenvalue weighted by atomic mass is 31.2. The van der Waals surface area contributed by atoms with Crippen LogP contribution < -0.4 is 0 Å². The van der Waals surface area contributed by atoms with Crippen molar-refractivity contribution in [1.82, 2.24) is 0 Å². The number of esters is 1. The number of phosphoric acid groups is 1. The van der Waals surface area contributed by atoms with Crippen LogP contribution in [0.15, 0.2) is 48.6 Å². The second kappa shape index (κ2) is 20.1. The highest BCUT2D eigenvalue weighted by Crippen LogP contribution is 2.35. The molecule has 0 rings (SSSR count). The van der Waals surface area contributed by atoms with Crippen molar-refractivity contribution in [3.63, 3.8) is 0 Å². The van der Waals surface area contributed by atoms with Crippen molar-refractivity contribution in [2.45, 2.75) is 71.1 Å². The molecule has 7 nitrogen and oxygen atoms in total. The Bertz CT molecular complexity index is 644. The quantitative estimate of drug-likeness (QED) is 0.117. The highest BCUT2D eigenvalue weighted by molar-refractivity contribution is 7.46. The van der Waals surface area contributed by atoms with Gasteiger partial charge in [-0.25, -0.2) is 4.57 Å². The molecule has 0 amide bonds. The molecular weight excluding hydrogens is 419 g/mol. The molecule has 0 bridgehead atoms. The maximum atomic E-state index is 11.5. The van der Waals surface area contributed by atoms with E-state index in [9.17, 15) is 14.2 Å². The monoisotopic (exact) mass is 456 g/mol. The number of hydrogen-bond acceptors (Lipinski definition) is 5. The molecule has 0 atom stereocenters. The van der Waals surface area contributed by atoms with E-state index < -0.39 is 32.8 Å². The fourth-order valence-corrected chi connectivity index (χ4v) is 2.67. The number of hydrogen-bond donors (Lipinski definition) is 2. The van der Waals surface area contributed by atoms with Gasteiger partial charge in [0.15, 0.2) is 12.4 Å². The summed E-state index contributed by atoms with van der Waals surface area (Å²) in [7, 11) is -4.69. The standard InChI is InChI=1S/C23H37O7P/c1-2-3-4-5-6-7-8-9-10-11-12-13-14-15-16-17-18-19-23(25)29-20-22(24)21-30-31(26,27)28/h6-7,9-10,12-13,15-16H,2-5,8,11,14,17-21H2,1H3,(H2,26,27,28)/b7-6-,10-9-,13-12-,16-15-. The zero-order chi connectivity index (χ0) is 23.2. The molecule has 0 aromatic carbocycles. The van der Waals surface area contributed by atoms with Crippen LogP contribution in [-0.4, -0.2) is 34.8 Å². The Kier molecular flexibility index (Phi) is 19.0. The molecule has 0 spiro atoms. The van der Waals surface area contributed by atoms with Crippen molar-refractivity contribution in [1.29, 1.82) is 0 Å². The number of rotatable bonds is 19. The Morgan fingerprint density at radius 2 is 1.29 bits per heavy atom. The summed E-state index contributed by atoms with van der Waals surface area (Å²) < 4.78 is 19.2. The lowest BCUT2D eigenvalue weighted by Gasteiger charge is -2.05. The maximum Gasteiger partial charge on any atom is 0.470 e. The van der Waals surface area contributed by atoms with Crippen molar-refractivity contribution < 1.29 is 33.2 Å². The van der Waals surface area contributed by atoms with Gasteiger partial charge >= 0.3 is 13.8 Å². The molecule has 0 aliphatic heterocycles. The normalized spacial score (nSPS) is 12.6. The predicted octanol–water partition coefficient (Wildman–Crippen LogP) is 5.35. The minimum absolute atomic E-state index is 0.171.